The van der Waals surface area contributed by atoms with Gasteiger partial charge in [0.1, 0.15) is 11.5 Å². The molecule has 262 valence electrons. The third kappa shape index (κ3) is 17.6. The first-order valence-corrected chi connectivity index (χ1v) is 17.2. The lowest BCUT2D eigenvalue weighted by Crippen LogP contribution is -2.22. The molecule has 0 saturated heterocycles. The van der Waals surface area contributed by atoms with Crippen LogP contribution in [0.1, 0.15) is 112 Å². The summed E-state index contributed by atoms with van der Waals surface area (Å²) < 4.78 is 11.5. The molecule has 0 saturated carbocycles. The molecule has 10 heteroatoms. The fourth-order valence-corrected chi connectivity index (χ4v) is 5.17. The highest BCUT2D eigenvalue weighted by Gasteiger charge is 2.11. The Morgan fingerprint density at radius 3 is 1.20 bits per heavy atom. The molecular formula is C36H60N2O8. The molecule has 8 N–H and O–H groups in total. The quantitative estimate of drug-likeness (QED) is 0.0578. The molecule has 0 amide bonds. The van der Waals surface area contributed by atoms with Gasteiger partial charge in [0.05, 0.1) is 25.4 Å². The van der Waals surface area contributed by atoms with Crippen molar-refractivity contribution in [2.45, 2.75) is 102 Å². The summed E-state index contributed by atoms with van der Waals surface area (Å²) in [5.74, 6) is 0.0854. The number of ether oxygens (including phenoxy) is 2. The Morgan fingerprint density at radius 1 is 0.500 bits per heavy atom. The van der Waals surface area contributed by atoms with E-state index in [-0.39, 0.29) is 24.7 Å². The van der Waals surface area contributed by atoms with E-state index in [1.807, 2.05) is 0 Å². The van der Waals surface area contributed by atoms with Crippen molar-refractivity contribution in [1.82, 2.24) is 10.6 Å². The molecule has 0 bridgehead atoms. The van der Waals surface area contributed by atoms with Gasteiger partial charge in [-0.05, 0) is 87.0 Å². The maximum atomic E-state index is 10.3. The first-order chi connectivity index (χ1) is 22.5. The maximum absolute atomic E-state index is 10.3. The molecule has 2 aromatic carbocycles. The van der Waals surface area contributed by atoms with Crippen LogP contribution < -0.4 is 10.6 Å². The summed E-state index contributed by atoms with van der Waals surface area (Å²) >= 11 is 0. The molecular weight excluding hydrogens is 588 g/mol. The smallest absolute Gasteiger partial charge is 0.121 e. The van der Waals surface area contributed by atoms with E-state index in [0.29, 0.717) is 35.3 Å². The number of aromatic hydroxyl groups is 2. The standard InChI is InChI=1S/C36H60N2O8/c39-27-31-23-29(13-15-33(31)41)35(43)25-37-17-7-1-3-9-19-45-21-11-5-6-12-22-46-20-10-4-2-8-18-38-26-36(44)30-14-16-34(42)32(24-30)28-40/h13-16,23-24,35-44H,1-12,17-22,25-28H2. The number of phenols is 2. The summed E-state index contributed by atoms with van der Waals surface area (Å²) in [6.07, 6.45) is 12.0. The van der Waals surface area contributed by atoms with Crippen molar-refractivity contribution in [3.63, 3.8) is 0 Å². The minimum atomic E-state index is -0.667. The summed E-state index contributed by atoms with van der Waals surface area (Å²) in [6, 6.07) is 9.64. The van der Waals surface area contributed by atoms with Gasteiger partial charge in [-0.25, -0.2) is 0 Å². The van der Waals surface area contributed by atoms with Crippen LogP contribution >= 0.6 is 0 Å². The second kappa shape index (κ2) is 25.8. The van der Waals surface area contributed by atoms with Crippen LogP contribution in [0.2, 0.25) is 0 Å². The molecule has 0 aliphatic rings. The Bertz CT molecular complexity index is 960. The SMILES string of the molecule is OCc1cc(C(O)CNCCCCCCOCCCCCCOCCCCCCNCC(O)c2ccc(O)c(CO)c2)ccc1O. The predicted molar refractivity (Wildman–Crippen MR) is 181 cm³/mol. The van der Waals surface area contributed by atoms with Crippen molar-refractivity contribution in [3.05, 3.63) is 58.7 Å². The van der Waals surface area contributed by atoms with E-state index in [2.05, 4.69) is 10.6 Å². The van der Waals surface area contributed by atoms with E-state index in [0.717, 1.165) is 104 Å². The lowest BCUT2D eigenvalue weighted by molar-refractivity contribution is 0.117. The molecule has 10 nitrogen and oxygen atoms in total. The van der Waals surface area contributed by atoms with Crippen molar-refractivity contribution < 1.29 is 40.1 Å². The number of aliphatic hydroxyl groups excluding tert-OH is 4. The molecule has 0 radical (unpaired) electrons. The molecule has 0 heterocycles. The van der Waals surface area contributed by atoms with E-state index in [4.69, 9.17) is 9.47 Å². The molecule has 46 heavy (non-hydrogen) atoms. The number of hydrogen-bond donors (Lipinski definition) is 8. The van der Waals surface area contributed by atoms with Gasteiger partial charge in [0.2, 0.25) is 0 Å². The van der Waals surface area contributed by atoms with Gasteiger partial charge in [-0.1, -0.05) is 50.7 Å². The highest BCUT2D eigenvalue weighted by atomic mass is 16.5. The van der Waals surface area contributed by atoms with Crippen LogP contribution in [0.25, 0.3) is 0 Å². The minimum absolute atomic E-state index is 0.0427. The van der Waals surface area contributed by atoms with Gasteiger partial charge >= 0.3 is 0 Å². The van der Waals surface area contributed by atoms with Crippen LogP contribution in [0.3, 0.4) is 0 Å². The third-order valence-corrected chi connectivity index (χ3v) is 8.10. The van der Waals surface area contributed by atoms with Gasteiger partial charge < -0.3 is 50.7 Å². The van der Waals surface area contributed by atoms with Crippen molar-refractivity contribution >= 4 is 0 Å². The van der Waals surface area contributed by atoms with Crippen LogP contribution in [0.5, 0.6) is 11.5 Å². The van der Waals surface area contributed by atoms with Crippen LogP contribution in [0.15, 0.2) is 36.4 Å². The van der Waals surface area contributed by atoms with Crippen LogP contribution in [-0.2, 0) is 22.7 Å². The van der Waals surface area contributed by atoms with Crippen molar-refractivity contribution in [2.24, 2.45) is 0 Å². The normalized spacial score (nSPS) is 12.9. The molecule has 2 rings (SSSR count). The highest BCUT2D eigenvalue weighted by Crippen LogP contribution is 2.23. The summed E-state index contributed by atoms with van der Waals surface area (Å²) in [4.78, 5) is 0. The lowest BCUT2D eigenvalue weighted by atomic mass is 10.1. The van der Waals surface area contributed by atoms with E-state index >= 15 is 0 Å². The van der Waals surface area contributed by atoms with Gasteiger partial charge in [0, 0.05) is 50.6 Å². The van der Waals surface area contributed by atoms with Gasteiger partial charge in [-0.15, -0.1) is 0 Å². The van der Waals surface area contributed by atoms with Gasteiger partial charge in [0.25, 0.3) is 0 Å². The molecule has 0 fully saturated rings. The van der Waals surface area contributed by atoms with Crippen LogP contribution in [-0.4, -0.2) is 83.2 Å². The summed E-state index contributed by atoms with van der Waals surface area (Å²) in [6.45, 7) is 5.34. The van der Waals surface area contributed by atoms with Crippen LogP contribution in [0, 0.1) is 0 Å². The third-order valence-electron chi connectivity index (χ3n) is 8.10. The molecule has 0 spiro atoms. The Kier molecular flexibility index (Phi) is 22.3. The molecule has 0 aliphatic heterocycles. The van der Waals surface area contributed by atoms with E-state index in [1.165, 1.54) is 25.0 Å². The number of nitrogens with one attached hydrogen (secondary N) is 2. The van der Waals surface area contributed by atoms with E-state index in [1.54, 1.807) is 24.3 Å². The maximum Gasteiger partial charge on any atom is 0.121 e. The first kappa shape index (κ1) is 39.9. The Labute approximate surface area is 275 Å². The predicted octanol–water partition coefficient (Wildman–Crippen LogP) is 4.74. The summed E-state index contributed by atoms with van der Waals surface area (Å²) in [5.41, 5.74) is 2.22. The number of hydrogen-bond acceptors (Lipinski definition) is 10. The second-order valence-electron chi connectivity index (χ2n) is 12.0. The zero-order valence-electron chi connectivity index (χ0n) is 27.7. The Hall–Kier alpha value is -2.28. The van der Waals surface area contributed by atoms with Crippen LogP contribution in [0.4, 0.5) is 0 Å². The number of unbranched alkanes of at least 4 members (excludes halogenated alkanes) is 9. The molecule has 2 aromatic rings. The lowest BCUT2D eigenvalue weighted by Gasteiger charge is -2.14. The molecule has 0 aromatic heterocycles. The monoisotopic (exact) mass is 648 g/mol. The zero-order valence-corrected chi connectivity index (χ0v) is 27.7. The minimum Gasteiger partial charge on any atom is -0.508 e. The first-order valence-electron chi connectivity index (χ1n) is 17.2. The average molecular weight is 649 g/mol. The van der Waals surface area contributed by atoms with Crippen molar-refractivity contribution in [3.8, 4) is 11.5 Å². The zero-order chi connectivity index (χ0) is 33.2. The average Bonchev–Trinajstić information content (AvgIpc) is 3.06. The van der Waals surface area contributed by atoms with Crippen molar-refractivity contribution in [1.29, 1.82) is 0 Å². The Morgan fingerprint density at radius 2 is 0.848 bits per heavy atom. The number of rotatable bonds is 29. The van der Waals surface area contributed by atoms with Crippen molar-refractivity contribution in [2.75, 3.05) is 52.6 Å². The van der Waals surface area contributed by atoms with Gasteiger partial charge in [-0.2, -0.15) is 0 Å². The van der Waals surface area contributed by atoms with E-state index < -0.39 is 12.2 Å². The largest absolute Gasteiger partial charge is 0.508 e. The molecule has 0 aliphatic carbocycles. The van der Waals surface area contributed by atoms with Gasteiger partial charge in [0.15, 0.2) is 0 Å². The topological polar surface area (TPSA) is 164 Å². The number of benzene rings is 2. The summed E-state index contributed by atoms with van der Waals surface area (Å²) in [5, 5.41) is 64.9. The second-order valence-corrected chi connectivity index (χ2v) is 12.0. The molecule has 2 unspecified atom stereocenters. The molecule has 2 atom stereocenters. The Balaban J connectivity index is 1.26. The highest BCUT2D eigenvalue weighted by molar-refractivity contribution is 5.37. The summed E-state index contributed by atoms with van der Waals surface area (Å²) in [7, 11) is 0. The fourth-order valence-electron chi connectivity index (χ4n) is 5.17. The fraction of sp³-hybridized carbons (Fsp3) is 0.667. The number of aliphatic hydroxyl groups is 4. The van der Waals surface area contributed by atoms with Gasteiger partial charge in [-0.3, -0.25) is 0 Å². The van der Waals surface area contributed by atoms with E-state index in [9.17, 15) is 30.6 Å².